The van der Waals surface area contributed by atoms with Crippen molar-refractivity contribution in [2.24, 2.45) is 5.92 Å². The van der Waals surface area contributed by atoms with Crippen LogP contribution in [0, 0.1) is 5.92 Å². The summed E-state index contributed by atoms with van der Waals surface area (Å²) in [5.41, 5.74) is 7.29. The van der Waals surface area contributed by atoms with E-state index in [0.29, 0.717) is 11.8 Å². The summed E-state index contributed by atoms with van der Waals surface area (Å²) in [7, 11) is 0. The molecule has 0 aromatic heterocycles. The third kappa shape index (κ3) is 2.43. The average Bonchev–Trinajstić information content (AvgIpc) is 2.71. The van der Waals surface area contributed by atoms with E-state index in [2.05, 4.69) is 75.4 Å². The van der Waals surface area contributed by atoms with Crippen molar-refractivity contribution in [3.63, 3.8) is 0 Å². The molecule has 1 atom stereocenters. The Hall–Kier alpha value is -1.82. The lowest BCUT2D eigenvalue weighted by atomic mass is 9.87. The first kappa shape index (κ1) is 13.2. The molecule has 0 nitrogen and oxygen atoms in total. The Morgan fingerprint density at radius 2 is 1.80 bits per heavy atom. The predicted octanol–water partition coefficient (Wildman–Crippen LogP) is 5.57. The first-order valence-electron chi connectivity index (χ1n) is 7.50. The van der Waals surface area contributed by atoms with Crippen molar-refractivity contribution in [1.82, 2.24) is 0 Å². The van der Waals surface area contributed by atoms with Crippen LogP contribution in [0.25, 0.3) is 0 Å². The highest BCUT2D eigenvalue weighted by molar-refractivity contribution is 5.55. The maximum atomic E-state index is 2.45. The molecule has 0 heteroatoms. The lowest BCUT2D eigenvalue weighted by Gasteiger charge is -2.16. The Labute approximate surface area is 122 Å². The summed E-state index contributed by atoms with van der Waals surface area (Å²) in [4.78, 5) is 0. The van der Waals surface area contributed by atoms with E-state index in [-0.39, 0.29) is 0 Å². The average molecular weight is 262 g/mol. The molecular weight excluding hydrogens is 240 g/mol. The number of hydrogen-bond donors (Lipinski definition) is 0. The minimum atomic E-state index is 0.399. The summed E-state index contributed by atoms with van der Waals surface area (Å²) in [6.45, 7) is 6.78. The van der Waals surface area contributed by atoms with Gasteiger partial charge in [-0.3, -0.25) is 0 Å². The van der Waals surface area contributed by atoms with E-state index in [4.69, 9.17) is 0 Å². The van der Waals surface area contributed by atoms with E-state index in [9.17, 15) is 0 Å². The van der Waals surface area contributed by atoms with E-state index in [1.165, 1.54) is 27.9 Å². The molecule has 0 fully saturated rings. The Balaban J connectivity index is 2.10. The number of rotatable bonds is 2. The van der Waals surface area contributed by atoms with Gasteiger partial charge in [0.2, 0.25) is 0 Å². The fourth-order valence-electron chi connectivity index (χ4n) is 3.11. The van der Waals surface area contributed by atoms with Crippen molar-refractivity contribution in [3.8, 4) is 0 Å². The molecule has 1 unspecified atom stereocenters. The maximum Gasteiger partial charge on any atom is 0.0278 e. The lowest BCUT2D eigenvalue weighted by molar-refractivity contribution is 0.781. The summed E-state index contributed by atoms with van der Waals surface area (Å²) >= 11 is 0. The van der Waals surface area contributed by atoms with Gasteiger partial charge in [0, 0.05) is 5.92 Å². The van der Waals surface area contributed by atoms with Gasteiger partial charge in [0.15, 0.2) is 0 Å². The predicted molar refractivity (Wildman–Crippen MR) is 86.6 cm³/mol. The molecule has 0 radical (unpaired) electrons. The quantitative estimate of drug-likeness (QED) is 0.653. The lowest BCUT2D eigenvalue weighted by Crippen LogP contribution is -2.00. The van der Waals surface area contributed by atoms with Gasteiger partial charge in [0.25, 0.3) is 0 Å². The van der Waals surface area contributed by atoms with Crippen LogP contribution in [0.2, 0.25) is 0 Å². The Kier molecular flexibility index (Phi) is 3.48. The molecule has 0 bridgehead atoms. The zero-order valence-corrected chi connectivity index (χ0v) is 12.6. The molecule has 0 aliphatic heterocycles. The number of benzene rings is 1. The molecule has 0 N–H and O–H groups in total. The van der Waals surface area contributed by atoms with Crippen LogP contribution in [0.5, 0.6) is 0 Å². The van der Waals surface area contributed by atoms with Crippen LogP contribution in [-0.4, -0.2) is 0 Å². The van der Waals surface area contributed by atoms with E-state index in [1.54, 1.807) is 0 Å². The van der Waals surface area contributed by atoms with Gasteiger partial charge in [0.05, 0.1) is 0 Å². The zero-order chi connectivity index (χ0) is 14.1. The SMILES string of the molecule is CC1=CC2=C(C=CC(C(C)C)=CC2c2ccccc2)C1. The normalized spacial score (nSPS) is 21.7. The molecule has 0 saturated carbocycles. The molecule has 102 valence electrons. The molecule has 2 aliphatic rings. The van der Waals surface area contributed by atoms with Gasteiger partial charge >= 0.3 is 0 Å². The van der Waals surface area contributed by atoms with E-state index >= 15 is 0 Å². The molecule has 1 aromatic carbocycles. The van der Waals surface area contributed by atoms with Crippen LogP contribution in [0.3, 0.4) is 0 Å². The van der Waals surface area contributed by atoms with Gasteiger partial charge in [0.1, 0.15) is 0 Å². The summed E-state index contributed by atoms with van der Waals surface area (Å²) in [6.07, 6.45) is 10.6. The minimum absolute atomic E-state index is 0.399. The highest BCUT2D eigenvalue weighted by atomic mass is 14.3. The van der Waals surface area contributed by atoms with Crippen molar-refractivity contribution in [3.05, 3.63) is 82.5 Å². The topological polar surface area (TPSA) is 0 Å². The van der Waals surface area contributed by atoms with Crippen molar-refractivity contribution in [1.29, 1.82) is 0 Å². The molecule has 2 aliphatic carbocycles. The summed E-state index contributed by atoms with van der Waals surface area (Å²) < 4.78 is 0. The number of allylic oxidation sites excluding steroid dienone is 8. The van der Waals surface area contributed by atoms with Crippen LogP contribution in [0.15, 0.2) is 76.9 Å². The van der Waals surface area contributed by atoms with E-state index in [0.717, 1.165) is 6.42 Å². The molecule has 0 spiro atoms. The Morgan fingerprint density at radius 1 is 1.05 bits per heavy atom. The summed E-state index contributed by atoms with van der Waals surface area (Å²) in [6, 6.07) is 10.9. The summed E-state index contributed by atoms with van der Waals surface area (Å²) in [5, 5.41) is 0. The van der Waals surface area contributed by atoms with Crippen LogP contribution in [0.4, 0.5) is 0 Å². The Bertz CT molecular complexity index is 621. The van der Waals surface area contributed by atoms with Crippen molar-refractivity contribution < 1.29 is 0 Å². The molecular formula is C20H22. The molecule has 0 saturated heterocycles. The maximum absolute atomic E-state index is 2.45. The van der Waals surface area contributed by atoms with Gasteiger partial charge in [-0.05, 0) is 41.5 Å². The third-order valence-corrected chi connectivity index (χ3v) is 4.24. The standard InChI is InChI=1S/C20H22/c1-14(2)17-9-10-18-11-15(3)12-19(18)20(13-17)16-7-5-4-6-8-16/h4-10,12-14,20H,11H2,1-3H3. The fourth-order valence-corrected chi connectivity index (χ4v) is 3.11. The van der Waals surface area contributed by atoms with E-state index < -0.39 is 0 Å². The second-order valence-electron chi connectivity index (χ2n) is 6.19. The van der Waals surface area contributed by atoms with Gasteiger partial charge in [-0.1, -0.05) is 74.1 Å². The van der Waals surface area contributed by atoms with Gasteiger partial charge in [-0.25, -0.2) is 0 Å². The van der Waals surface area contributed by atoms with Gasteiger partial charge < -0.3 is 0 Å². The zero-order valence-electron chi connectivity index (χ0n) is 12.6. The molecule has 20 heavy (non-hydrogen) atoms. The highest BCUT2D eigenvalue weighted by Crippen LogP contribution is 2.40. The van der Waals surface area contributed by atoms with Gasteiger partial charge in [-0.15, -0.1) is 0 Å². The number of hydrogen-bond acceptors (Lipinski definition) is 0. The monoisotopic (exact) mass is 262 g/mol. The van der Waals surface area contributed by atoms with Gasteiger partial charge in [-0.2, -0.15) is 0 Å². The summed E-state index contributed by atoms with van der Waals surface area (Å²) in [5.74, 6) is 0.971. The second kappa shape index (κ2) is 5.28. The minimum Gasteiger partial charge on any atom is -0.0692 e. The molecule has 1 aromatic rings. The third-order valence-electron chi connectivity index (χ3n) is 4.24. The smallest absolute Gasteiger partial charge is 0.0278 e. The highest BCUT2D eigenvalue weighted by Gasteiger charge is 2.23. The fraction of sp³-hybridized carbons (Fsp3) is 0.300. The van der Waals surface area contributed by atoms with Crippen molar-refractivity contribution in [2.75, 3.05) is 0 Å². The van der Waals surface area contributed by atoms with Crippen LogP contribution < -0.4 is 0 Å². The van der Waals surface area contributed by atoms with Crippen LogP contribution in [-0.2, 0) is 0 Å². The Morgan fingerprint density at radius 3 is 2.50 bits per heavy atom. The van der Waals surface area contributed by atoms with Crippen molar-refractivity contribution in [2.45, 2.75) is 33.1 Å². The van der Waals surface area contributed by atoms with Crippen molar-refractivity contribution >= 4 is 0 Å². The van der Waals surface area contributed by atoms with Crippen LogP contribution in [0.1, 0.15) is 38.7 Å². The second-order valence-corrected chi connectivity index (χ2v) is 6.19. The molecule has 3 rings (SSSR count). The van der Waals surface area contributed by atoms with E-state index in [1.807, 2.05) is 0 Å². The molecule has 0 heterocycles. The largest absolute Gasteiger partial charge is 0.0692 e. The first-order valence-corrected chi connectivity index (χ1v) is 7.50. The van der Waals surface area contributed by atoms with Crippen LogP contribution >= 0.6 is 0 Å². The first-order chi connectivity index (χ1) is 9.65. The molecule has 0 amide bonds.